The standard InChI is InChI=1S/C10H16S/c1-6-5-7-3-4-8(6)9-10(7,2)11-9/h6-9H,3-5H2,1-2H3. The van der Waals surface area contributed by atoms with Crippen LogP contribution >= 0.6 is 11.8 Å². The van der Waals surface area contributed by atoms with Crippen LogP contribution in [0.2, 0.25) is 0 Å². The fourth-order valence-electron chi connectivity index (χ4n) is 3.47. The minimum absolute atomic E-state index is 0.759. The predicted molar refractivity (Wildman–Crippen MR) is 49.8 cm³/mol. The fraction of sp³-hybridized carbons (Fsp3) is 1.00. The van der Waals surface area contributed by atoms with Gasteiger partial charge in [-0.25, -0.2) is 0 Å². The molecule has 62 valence electrons. The number of thioether (sulfide) groups is 1. The van der Waals surface area contributed by atoms with Gasteiger partial charge in [-0.1, -0.05) is 6.92 Å². The summed E-state index contributed by atoms with van der Waals surface area (Å²) in [6.45, 7) is 4.97. The maximum Gasteiger partial charge on any atom is 0.0285 e. The van der Waals surface area contributed by atoms with Gasteiger partial charge in [-0.05, 0) is 43.9 Å². The van der Waals surface area contributed by atoms with E-state index in [9.17, 15) is 0 Å². The molecule has 2 bridgehead atoms. The van der Waals surface area contributed by atoms with E-state index in [0.29, 0.717) is 0 Å². The van der Waals surface area contributed by atoms with E-state index in [4.69, 9.17) is 0 Å². The van der Waals surface area contributed by atoms with Crippen molar-refractivity contribution in [3.05, 3.63) is 0 Å². The van der Waals surface area contributed by atoms with E-state index in [-0.39, 0.29) is 0 Å². The number of rotatable bonds is 0. The highest BCUT2D eigenvalue weighted by atomic mass is 32.2. The smallest absolute Gasteiger partial charge is 0.0285 e. The zero-order valence-corrected chi connectivity index (χ0v) is 8.16. The van der Waals surface area contributed by atoms with E-state index >= 15 is 0 Å². The summed E-state index contributed by atoms with van der Waals surface area (Å²) in [7, 11) is 0. The second-order valence-corrected chi connectivity index (χ2v) is 6.50. The summed E-state index contributed by atoms with van der Waals surface area (Å²) in [5.74, 6) is 3.22. The Labute approximate surface area is 73.1 Å². The molecule has 0 spiro atoms. The zero-order valence-electron chi connectivity index (χ0n) is 7.34. The second-order valence-electron chi connectivity index (χ2n) is 4.87. The average molecular weight is 168 g/mol. The van der Waals surface area contributed by atoms with Gasteiger partial charge in [-0.3, -0.25) is 0 Å². The quantitative estimate of drug-likeness (QED) is 0.501. The van der Waals surface area contributed by atoms with Crippen molar-refractivity contribution >= 4 is 11.8 Å². The predicted octanol–water partition coefficient (Wildman–Crippen LogP) is 2.93. The van der Waals surface area contributed by atoms with E-state index in [0.717, 1.165) is 27.8 Å². The van der Waals surface area contributed by atoms with Crippen LogP contribution in [0.1, 0.15) is 33.1 Å². The summed E-state index contributed by atoms with van der Waals surface area (Å²) in [5, 5.41) is 1.07. The van der Waals surface area contributed by atoms with Crippen LogP contribution in [-0.4, -0.2) is 10.00 Å². The van der Waals surface area contributed by atoms with E-state index in [1.165, 1.54) is 12.8 Å². The Morgan fingerprint density at radius 3 is 2.73 bits per heavy atom. The van der Waals surface area contributed by atoms with Crippen molar-refractivity contribution in [1.82, 2.24) is 0 Å². The topological polar surface area (TPSA) is 0 Å². The molecule has 0 aromatic heterocycles. The van der Waals surface area contributed by atoms with Gasteiger partial charge in [0.2, 0.25) is 0 Å². The van der Waals surface area contributed by atoms with Crippen molar-refractivity contribution in [2.45, 2.75) is 43.1 Å². The normalized spacial score (nSPS) is 66.0. The monoisotopic (exact) mass is 168 g/mol. The zero-order chi connectivity index (χ0) is 7.64. The van der Waals surface area contributed by atoms with E-state index in [2.05, 4.69) is 25.6 Å². The van der Waals surface area contributed by atoms with Gasteiger partial charge >= 0.3 is 0 Å². The van der Waals surface area contributed by atoms with Crippen molar-refractivity contribution in [2.75, 3.05) is 0 Å². The van der Waals surface area contributed by atoms with Crippen molar-refractivity contribution in [3.8, 4) is 0 Å². The minimum Gasteiger partial charge on any atom is -0.149 e. The lowest BCUT2D eigenvalue weighted by Gasteiger charge is -2.43. The molecule has 5 atom stereocenters. The molecule has 1 heterocycles. The summed E-state index contributed by atoms with van der Waals surface area (Å²) >= 11 is 2.28. The summed E-state index contributed by atoms with van der Waals surface area (Å²) in [4.78, 5) is 0. The fourth-order valence-corrected chi connectivity index (χ4v) is 5.30. The summed E-state index contributed by atoms with van der Waals surface area (Å²) < 4.78 is 0.759. The van der Waals surface area contributed by atoms with Gasteiger partial charge in [0.15, 0.2) is 0 Å². The van der Waals surface area contributed by atoms with Gasteiger partial charge in [-0.2, -0.15) is 0 Å². The molecule has 3 saturated carbocycles. The molecule has 11 heavy (non-hydrogen) atoms. The molecular formula is C10H16S. The Morgan fingerprint density at radius 2 is 2.18 bits per heavy atom. The highest BCUT2D eigenvalue weighted by Gasteiger charge is 2.65. The Hall–Kier alpha value is 0.350. The third kappa shape index (κ3) is 0.690. The van der Waals surface area contributed by atoms with Crippen LogP contribution in [0.4, 0.5) is 0 Å². The first-order chi connectivity index (χ1) is 5.22. The van der Waals surface area contributed by atoms with Crippen molar-refractivity contribution in [3.63, 3.8) is 0 Å². The maximum absolute atomic E-state index is 2.50. The molecule has 4 fully saturated rings. The van der Waals surface area contributed by atoms with Crippen LogP contribution in [0.5, 0.6) is 0 Å². The molecule has 0 radical (unpaired) electrons. The molecule has 1 heteroatoms. The number of fused-ring (bicyclic) bond motifs is 2. The molecule has 0 amide bonds. The van der Waals surface area contributed by atoms with Crippen LogP contribution in [0, 0.1) is 17.8 Å². The molecule has 0 N–H and O–H groups in total. The maximum atomic E-state index is 2.50. The lowest BCUT2D eigenvalue weighted by molar-refractivity contribution is 0.113. The molecule has 4 rings (SSSR count). The Balaban J connectivity index is 1.96. The Kier molecular flexibility index (Phi) is 1.12. The van der Waals surface area contributed by atoms with Crippen LogP contribution in [0.25, 0.3) is 0 Å². The van der Waals surface area contributed by atoms with E-state index in [1.807, 2.05) is 0 Å². The van der Waals surface area contributed by atoms with Crippen LogP contribution in [0.15, 0.2) is 0 Å². The van der Waals surface area contributed by atoms with Crippen molar-refractivity contribution < 1.29 is 0 Å². The molecule has 0 nitrogen and oxygen atoms in total. The lowest BCUT2D eigenvalue weighted by Crippen LogP contribution is -2.42. The average Bonchev–Trinajstić information content (AvgIpc) is 2.64. The van der Waals surface area contributed by atoms with Gasteiger partial charge in [0.1, 0.15) is 0 Å². The highest BCUT2D eigenvalue weighted by molar-refractivity contribution is 8.08. The van der Waals surface area contributed by atoms with Gasteiger partial charge in [0, 0.05) is 10.00 Å². The third-order valence-corrected chi connectivity index (χ3v) is 6.26. The van der Waals surface area contributed by atoms with Gasteiger partial charge < -0.3 is 0 Å². The van der Waals surface area contributed by atoms with Crippen molar-refractivity contribution in [1.29, 1.82) is 0 Å². The molecule has 3 aliphatic carbocycles. The molecular weight excluding hydrogens is 152 g/mol. The van der Waals surface area contributed by atoms with Crippen LogP contribution in [0.3, 0.4) is 0 Å². The van der Waals surface area contributed by atoms with Gasteiger partial charge in [0.05, 0.1) is 0 Å². The molecule has 0 aromatic rings. The highest BCUT2D eigenvalue weighted by Crippen LogP contribution is 2.71. The minimum atomic E-state index is 0.759. The summed E-state index contributed by atoms with van der Waals surface area (Å²) in [5.41, 5.74) is 0. The first-order valence-corrected chi connectivity index (χ1v) is 5.77. The summed E-state index contributed by atoms with van der Waals surface area (Å²) in [6, 6.07) is 0. The number of hydrogen-bond donors (Lipinski definition) is 0. The SMILES string of the molecule is CC1CC2CCC1C1SC21C. The van der Waals surface area contributed by atoms with E-state index in [1.54, 1.807) is 6.42 Å². The molecule has 1 saturated heterocycles. The molecule has 5 unspecified atom stereocenters. The van der Waals surface area contributed by atoms with Crippen LogP contribution in [-0.2, 0) is 0 Å². The third-order valence-electron chi connectivity index (χ3n) is 4.32. The summed E-state index contributed by atoms with van der Waals surface area (Å²) in [6.07, 6.45) is 4.61. The number of hydrogen-bond acceptors (Lipinski definition) is 1. The first-order valence-electron chi connectivity index (χ1n) is 4.89. The van der Waals surface area contributed by atoms with E-state index < -0.39 is 0 Å². The van der Waals surface area contributed by atoms with Crippen LogP contribution < -0.4 is 0 Å². The molecule has 0 aromatic carbocycles. The van der Waals surface area contributed by atoms with Gasteiger partial charge in [0.25, 0.3) is 0 Å². The Bertz CT molecular complexity index is 199. The van der Waals surface area contributed by atoms with Gasteiger partial charge in [-0.15, -0.1) is 11.8 Å². The largest absolute Gasteiger partial charge is 0.149 e. The molecule has 1 aliphatic heterocycles. The molecule has 4 aliphatic rings. The lowest BCUT2D eigenvalue weighted by atomic mass is 9.61. The van der Waals surface area contributed by atoms with Crippen molar-refractivity contribution in [2.24, 2.45) is 17.8 Å². The first kappa shape index (κ1) is 6.82. The Morgan fingerprint density at radius 1 is 1.36 bits per heavy atom. The second kappa shape index (κ2) is 1.81.